The van der Waals surface area contributed by atoms with Crippen LogP contribution >= 0.6 is 0 Å². The van der Waals surface area contributed by atoms with Crippen molar-refractivity contribution in [1.29, 1.82) is 0 Å². The van der Waals surface area contributed by atoms with Crippen molar-refractivity contribution < 1.29 is 18.3 Å². The molecule has 3 rings (SSSR count). The molecule has 0 heterocycles. The molecule has 3 aromatic rings. The van der Waals surface area contributed by atoms with Gasteiger partial charge in [-0.15, -0.1) is 0 Å². The molecule has 134 valence electrons. The summed E-state index contributed by atoms with van der Waals surface area (Å²) in [7, 11) is 1.56. The molecule has 2 nitrogen and oxygen atoms in total. The molecule has 0 spiro atoms. The molecule has 0 saturated carbocycles. The number of hydrogen-bond donors (Lipinski definition) is 0. The molecule has 4 heteroatoms. The number of ether oxygens (including phenoxy) is 2. The lowest BCUT2D eigenvalue weighted by atomic mass is 10.0. The van der Waals surface area contributed by atoms with Gasteiger partial charge in [0.2, 0.25) is 0 Å². The minimum absolute atomic E-state index is 0.0529. The summed E-state index contributed by atoms with van der Waals surface area (Å²) in [5, 5.41) is 0. The van der Waals surface area contributed by atoms with Gasteiger partial charge >= 0.3 is 0 Å². The van der Waals surface area contributed by atoms with Gasteiger partial charge in [0, 0.05) is 5.56 Å². The summed E-state index contributed by atoms with van der Waals surface area (Å²) in [5.74, 6) is -2.37. The highest BCUT2D eigenvalue weighted by Crippen LogP contribution is 2.30. The molecule has 0 N–H and O–H groups in total. The second-order valence-electron chi connectivity index (χ2n) is 5.99. The zero-order valence-electron chi connectivity index (χ0n) is 14.5. The molecule has 0 unspecified atom stereocenters. The van der Waals surface area contributed by atoms with Gasteiger partial charge in [-0.2, -0.15) is 8.78 Å². The van der Waals surface area contributed by atoms with E-state index in [-0.39, 0.29) is 12.2 Å². The Morgan fingerprint density at radius 1 is 0.808 bits per heavy atom. The molecule has 26 heavy (non-hydrogen) atoms. The monoisotopic (exact) mass is 354 g/mol. The maximum Gasteiger partial charge on any atom is 0.296 e. The normalized spacial score (nSPS) is 11.3. The summed E-state index contributed by atoms with van der Waals surface area (Å²) in [6.45, 7) is -0.566. The van der Waals surface area contributed by atoms with Crippen LogP contribution in [0.25, 0.3) is 11.1 Å². The lowest BCUT2D eigenvalue weighted by Gasteiger charge is -2.17. The zero-order chi connectivity index (χ0) is 18.4. The molecule has 0 aromatic heterocycles. The molecule has 0 aliphatic rings. The molecule has 0 radical (unpaired) electrons. The van der Waals surface area contributed by atoms with Crippen LogP contribution in [0.3, 0.4) is 0 Å². The number of methoxy groups -OCH3 is 1. The summed E-state index contributed by atoms with van der Waals surface area (Å²) in [6.07, 6.45) is 0. The largest absolute Gasteiger partial charge is 0.497 e. The molecule has 0 aliphatic heterocycles. The van der Waals surface area contributed by atoms with E-state index in [9.17, 15) is 8.78 Å². The average molecular weight is 354 g/mol. The van der Waals surface area contributed by atoms with Gasteiger partial charge in [-0.3, -0.25) is 0 Å². The van der Waals surface area contributed by atoms with Crippen molar-refractivity contribution in [3.05, 3.63) is 90.0 Å². The maximum atomic E-state index is 14.4. The van der Waals surface area contributed by atoms with E-state index in [0.717, 1.165) is 16.7 Å². The average Bonchev–Trinajstić information content (AvgIpc) is 2.69. The van der Waals surface area contributed by atoms with Gasteiger partial charge in [-0.05, 0) is 28.8 Å². The third-order valence-electron chi connectivity index (χ3n) is 4.10. The summed E-state index contributed by atoms with van der Waals surface area (Å²) < 4.78 is 39.1. The Kier molecular flexibility index (Phi) is 5.64. The van der Waals surface area contributed by atoms with Gasteiger partial charge in [0.05, 0.1) is 13.7 Å². The van der Waals surface area contributed by atoms with Gasteiger partial charge in [-0.25, -0.2) is 0 Å². The molecule has 0 bridgehead atoms. The number of halogens is 2. The fourth-order valence-corrected chi connectivity index (χ4v) is 2.68. The molecular weight excluding hydrogens is 334 g/mol. The van der Waals surface area contributed by atoms with Crippen LogP contribution in [0.15, 0.2) is 78.9 Å². The van der Waals surface area contributed by atoms with Crippen LogP contribution in [0.4, 0.5) is 8.78 Å². The lowest BCUT2D eigenvalue weighted by molar-refractivity contribution is -0.0872. The van der Waals surface area contributed by atoms with Gasteiger partial charge in [0.25, 0.3) is 5.92 Å². The van der Waals surface area contributed by atoms with E-state index in [0.29, 0.717) is 5.75 Å². The third kappa shape index (κ3) is 4.46. The second-order valence-corrected chi connectivity index (χ2v) is 5.99. The van der Waals surface area contributed by atoms with Crippen LogP contribution in [-0.4, -0.2) is 13.7 Å². The van der Waals surface area contributed by atoms with E-state index < -0.39 is 12.5 Å². The molecule has 3 aromatic carbocycles. The number of hydrogen-bond acceptors (Lipinski definition) is 2. The molecule has 0 saturated heterocycles. The highest BCUT2D eigenvalue weighted by molar-refractivity contribution is 5.63. The minimum Gasteiger partial charge on any atom is -0.497 e. The Labute approximate surface area is 152 Å². The van der Waals surface area contributed by atoms with Gasteiger partial charge < -0.3 is 9.47 Å². The van der Waals surface area contributed by atoms with E-state index in [2.05, 4.69) is 0 Å². The summed E-state index contributed by atoms with van der Waals surface area (Å²) in [5.41, 5.74) is 2.64. The number of alkyl halides is 2. The summed E-state index contributed by atoms with van der Waals surface area (Å²) in [6, 6.07) is 23.2. The fraction of sp³-hybridized carbons (Fsp3) is 0.182. The summed E-state index contributed by atoms with van der Waals surface area (Å²) >= 11 is 0. The lowest BCUT2D eigenvalue weighted by Crippen LogP contribution is -2.21. The van der Waals surface area contributed by atoms with Crippen molar-refractivity contribution in [2.24, 2.45) is 0 Å². The number of rotatable bonds is 7. The Morgan fingerprint density at radius 3 is 2.19 bits per heavy atom. The first-order valence-electron chi connectivity index (χ1n) is 8.33. The van der Waals surface area contributed by atoms with Crippen molar-refractivity contribution in [2.75, 3.05) is 13.7 Å². The van der Waals surface area contributed by atoms with Crippen LogP contribution in [0.1, 0.15) is 11.1 Å². The smallest absolute Gasteiger partial charge is 0.296 e. The number of benzene rings is 3. The summed E-state index contributed by atoms with van der Waals surface area (Å²) in [4.78, 5) is 0. The SMILES string of the molecule is COc1cccc(COCC(F)(F)c2ccc(-c3ccccc3)cc2)c1. The fourth-order valence-electron chi connectivity index (χ4n) is 2.68. The van der Waals surface area contributed by atoms with Gasteiger partial charge in [0.15, 0.2) is 0 Å². The van der Waals surface area contributed by atoms with E-state index >= 15 is 0 Å². The van der Waals surface area contributed by atoms with Crippen LogP contribution in [-0.2, 0) is 17.3 Å². The molecule has 0 fully saturated rings. The second kappa shape index (κ2) is 8.11. The molecule has 0 amide bonds. The van der Waals surface area contributed by atoms with Crippen molar-refractivity contribution in [2.45, 2.75) is 12.5 Å². The van der Waals surface area contributed by atoms with Crippen molar-refractivity contribution >= 4 is 0 Å². The molecule has 0 aliphatic carbocycles. The predicted molar refractivity (Wildman–Crippen MR) is 98.4 cm³/mol. The highest BCUT2D eigenvalue weighted by atomic mass is 19.3. The van der Waals surface area contributed by atoms with Crippen molar-refractivity contribution in [1.82, 2.24) is 0 Å². The molecule has 0 atom stereocenters. The minimum atomic E-state index is -3.05. The van der Waals surface area contributed by atoms with E-state index in [1.54, 1.807) is 37.4 Å². The first kappa shape index (κ1) is 18.1. The van der Waals surface area contributed by atoms with Crippen LogP contribution in [0, 0.1) is 0 Å². The first-order chi connectivity index (χ1) is 12.6. The standard InChI is InChI=1S/C22H20F2O2/c1-25-21-9-5-6-17(14-21)15-26-16-22(23,24)20-12-10-19(11-13-20)18-7-3-2-4-8-18/h2-14H,15-16H2,1H3. The topological polar surface area (TPSA) is 18.5 Å². The van der Waals surface area contributed by atoms with E-state index in [4.69, 9.17) is 9.47 Å². The predicted octanol–water partition coefficient (Wildman–Crippen LogP) is 5.67. The first-order valence-corrected chi connectivity index (χ1v) is 8.33. The van der Waals surface area contributed by atoms with Crippen LogP contribution in [0.2, 0.25) is 0 Å². The van der Waals surface area contributed by atoms with Crippen molar-refractivity contribution in [3.8, 4) is 16.9 Å². The Hall–Kier alpha value is -2.72. The van der Waals surface area contributed by atoms with E-state index in [1.807, 2.05) is 36.4 Å². The Balaban J connectivity index is 1.62. The molecular formula is C22H20F2O2. The highest BCUT2D eigenvalue weighted by Gasteiger charge is 2.31. The third-order valence-corrected chi connectivity index (χ3v) is 4.10. The van der Waals surface area contributed by atoms with Crippen LogP contribution < -0.4 is 4.74 Å². The quantitative estimate of drug-likeness (QED) is 0.544. The Morgan fingerprint density at radius 2 is 1.50 bits per heavy atom. The maximum absolute atomic E-state index is 14.4. The van der Waals surface area contributed by atoms with Gasteiger partial charge in [-0.1, -0.05) is 66.7 Å². The van der Waals surface area contributed by atoms with E-state index in [1.165, 1.54) is 12.1 Å². The van der Waals surface area contributed by atoms with Crippen molar-refractivity contribution in [3.63, 3.8) is 0 Å². The van der Waals surface area contributed by atoms with Gasteiger partial charge in [0.1, 0.15) is 12.4 Å². The Bertz CT molecular complexity index is 830. The zero-order valence-corrected chi connectivity index (χ0v) is 14.5. The van der Waals surface area contributed by atoms with Crippen LogP contribution in [0.5, 0.6) is 5.75 Å².